The molecule has 0 aromatic heterocycles. The van der Waals surface area contributed by atoms with E-state index in [1.54, 1.807) is 7.11 Å². The van der Waals surface area contributed by atoms with E-state index < -0.39 is 6.10 Å². The minimum absolute atomic E-state index is 0.192. The van der Waals surface area contributed by atoms with Gasteiger partial charge in [0.15, 0.2) is 0 Å². The van der Waals surface area contributed by atoms with Crippen molar-refractivity contribution in [2.75, 3.05) is 12.9 Å². The molecule has 18 heavy (non-hydrogen) atoms. The highest BCUT2D eigenvalue weighted by Gasteiger charge is 2.45. The van der Waals surface area contributed by atoms with Crippen LogP contribution in [0.5, 0.6) is 11.5 Å². The first kappa shape index (κ1) is 12.2. The van der Waals surface area contributed by atoms with Crippen molar-refractivity contribution in [1.82, 2.24) is 0 Å². The predicted molar refractivity (Wildman–Crippen MR) is 72.5 cm³/mol. The van der Waals surface area contributed by atoms with E-state index in [1.165, 1.54) is 0 Å². The van der Waals surface area contributed by atoms with Crippen molar-refractivity contribution in [3.8, 4) is 11.5 Å². The number of thioether (sulfide) groups is 1. The van der Waals surface area contributed by atoms with Gasteiger partial charge < -0.3 is 14.6 Å². The van der Waals surface area contributed by atoms with Crippen LogP contribution in [0.2, 0.25) is 0 Å². The van der Waals surface area contributed by atoms with Crippen molar-refractivity contribution >= 4 is 11.8 Å². The molecule has 0 saturated carbocycles. The fraction of sp³-hybridized carbons (Fsp3) is 0.571. The number of benzene rings is 1. The first-order chi connectivity index (χ1) is 8.62. The van der Waals surface area contributed by atoms with Crippen LogP contribution in [0.4, 0.5) is 0 Å². The monoisotopic (exact) mass is 266 g/mol. The van der Waals surface area contributed by atoms with Crippen LogP contribution in [-0.4, -0.2) is 28.8 Å². The Balaban J connectivity index is 1.95. The van der Waals surface area contributed by atoms with Crippen molar-refractivity contribution in [2.24, 2.45) is 0 Å². The van der Waals surface area contributed by atoms with E-state index in [0.717, 1.165) is 29.2 Å². The molecule has 1 aromatic rings. The molecule has 98 valence electrons. The van der Waals surface area contributed by atoms with Gasteiger partial charge in [-0.25, -0.2) is 0 Å². The normalized spacial score (nSPS) is 34.2. The van der Waals surface area contributed by atoms with Crippen molar-refractivity contribution in [3.63, 3.8) is 0 Å². The Bertz CT molecular complexity index is 462. The molecule has 4 heteroatoms. The number of aliphatic hydroxyl groups is 1. The number of aliphatic hydroxyl groups excluding tert-OH is 1. The first-order valence-electron chi connectivity index (χ1n) is 6.28. The van der Waals surface area contributed by atoms with Gasteiger partial charge in [-0.2, -0.15) is 11.8 Å². The average molecular weight is 266 g/mol. The highest BCUT2D eigenvalue weighted by molar-refractivity contribution is 8.00. The van der Waals surface area contributed by atoms with Crippen molar-refractivity contribution in [3.05, 3.63) is 23.8 Å². The summed E-state index contributed by atoms with van der Waals surface area (Å²) in [5.41, 5.74) is 0.689. The van der Waals surface area contributed by atoms with Crippen LogP contribution in [0.15, 0.2) is 18.2 Å². The fourth-order valence-corrected chi connectivity index (χ4v) is 4.20. The number of hydrogen-bond acceptors (Lipinski definition) is 4. The van der Waals surface area contributed by atoms with Crippen LogP contribution in [0.25, 0.3) is 0 Å². The van der Waals surface area contributed by atoms with E-state index in [9.17, 15) is 5.11 Å². The molecule has 2 aliphatic heterocycles. The molecule has 0 aliphatic carbocycles. The molecule has 0 bridgehead atoms. The zero-order valence-electron chi connectivity index (χ0n) is 10.7. The van der Waals surface area contributed by atoms with Crippen LogP contribution < -0.4 is 9.47 Å². The van der Waals surface area contributed by atoms with Crippen molar-refractivity contribution in [2.45, 2.75) is 36.7 Å². The van der Waals surface area contributed by atoms with E-state index >= 15 is 0 Å². The van der Waals surface area contributed by atoms with Gasteiger partial charge in [-0.1, -0.05) is 6.92 Å². The van der Waals surface area contributed by atoms with Crippen LogP contribution in [0, 0.1) is 0 Å². The maximum atomic E-state index is 10.3. The highest BCUT2D eigenvalue weighted by atomic mass is 32.2. The molecule has 0 radical (unpaired) electrons. The Labute approximate surface area is 111 Å². The third kappa shape index (κ3) is 1.97. The minimum Gasteiger partial charge on any atom is -0.497 e. The third-order valence-corrected chi connectivity index (χ3v) is 5.19. The number of methoxy groups -OCH3 is 1. The first-order valence-corrected chi connectivity index (χ1v) is 7.33. The van der Waals surface area contributed by atoms with Crippen LogP contribution in [0.3, 0.4) is 0 Å². The zero-order chi connectivity index (χ0) is 12.8. The molecule has 1 saturated heterocycles. The largest absolute Gasteiger partial charge is 0.497 e. The maximum absolute atomic E-state index is 10.3. The summed E-state index contributed by atoms with van der Waals surface area (Å²) >= 11 is 1.92. The topological polar surface area (TPSA) is 38.7 Å². The van der Waals surface area contributed by atoms with E-state index in [0.29, 0.717) is 11.7 Å². The summed E-state index contributed by atoms with van der Waals surface area (Å²) in [7, 11) is 1.64. The number of fused-ring (bicyclic) bond motifs is 1. The Morgan fingerprint density at radius 3 is 2.94 bits per heavy atom. The van der Waals surface area contributed by atoms with Gasteiger partial charge in [-0.15, -0.1) is 0 Å². The quantitative estimate of drug-likeness (QED) is 0.848. The van der Waals surface area contributed by atoms with Gasteiger partial charge in [0.05, 0.1) is 13.2 Å². The minimum atomic E-state index is -0.425. The molecular weight excluding hydrogens is 248 g/mol. The van der Waals surface area contributed by atoms with E-state index in [2.05, 4.69) is 6.92 Å². The van der Waals surface area contributed by atoms with Gasteiger partial charge in [0.1, 0.15) is 17.1 Å². The second-order valence-corrected chi connectivity index (χ2v) is 6.66. The zero-order valence-corrected chi connectivity index (χ0v) is 11.5. The molecule has 0 amide bonds. The van der Waals surface area contributed by atoms with Crippen molar-refractivity contribution in [1.29, 1.82) is 0 Å². The molecule has 1 aromatic carbocycles. The SMILES string of the molecule is COc1ccc2c(c1)OC1(CSC(C)C1)C[C@@H]2O. The fourth-order valence-electron chi connectivity index (χ4n) is 2.89. The lowest BCUT2D eigenvalue weighted by atomic mass is 9.87. The van der Waals surface area contributed by atoms with E-state index in [-0.39, 0.29) is 5.60 Å². The molecule has 2 aliphatic rings. The lowest BCUT2D eigenvalue weighted by Crippen LogP contribution is -2.41. The molecule has 1 N–H and O–H groups in total. The molecule has 2 unspecified atom stereocenters. The second-order valence-electron chi connectivity index (χ2n) is 5.23. The molecular formula is C14H18O3S. The molecule has 3 nitrogen and oxygen atoms in total. The summed E-state index contributed by atoms with van der Waals surface area (Å²) in [5, 5.41) is 10.9. The molecule has 2 heterocycles. The van der Waals surface area contributed by atoms with Crippen LogP contribution in [-0.2, 0) is 0 Å². The van der Waals surface area contributed by atoms with Gasteiger partial charge in [-0.3, -0.25) is 0 Å². The standard InChI is InChI=1S/C14H18O3S/c1-9-6-14(8-18-9)7-12(15)11-4-3-10(16-2)5-13(11)17-14/h3-5,9,12,15H,6-8H2,1-2H3/t9?,12-,14?/m0/s1. The van der Waals surface area contributed by atoms with Gasteiger partial charge in [0.2, 0.25) is 0 Å². The number of hydrogen-bond donors (Lipinski definition) is 1. The number of rotatable bonds is 1. The summed E-state index contributed by atoms with van der Waals surface area (Å²) in [4.78, 5) is 0. The van der Waals surface area contributed by atoms with Gasteiger partial charge in [0.25, 0.3) is 0 Å². The summed E-state index contributed by atoms with van der Waals surface area (Å²) in [5.74, 6) is 2.52. The van der Waals surface area contributed by atoms with Crippen molar-refractivity contribution < 1.29 is 14.6 Å². The molecule has 1 spiro atoms. The summed E-state index contributed by atoms with van der Waals surface area (Å²) in [6.07, 6.45) is 1.28. The van der Waals surface area contributed by atoms with E-state index in [4.69, 9.17) is 9.47 Å². The van der Waals surface area contributed by atoms with Crippen LogP contribution >= 0.6 is 11.8 Å². The lowest BCUT2D eigenvalue weighted by Gasteiger charge is -2.38. The summed E-state index contributed by atoms with van der Waals surface area (Å²) in [6, 6.07) is 5.65. The van der Waals surface area contributed by atoms with Gasteiger partial charge in [-0.05, 0) is 18.6 Å². The predicted octanol–water partition coefficient (Wildman–Crippen LogP) is 2.78. The smallest absolute Gasteiger partial charge is 0.129 e. The van der Waals surface area contributed by atoms with Crippen LogP contribution in [0.1, 0.15) is 31.4 Å². The van der Waals surface area contributed by atoms with E-state index in [1.807, 2.05) is 30.0 Å². The highest BCUT2D eigenvalue weighted by Crippen LogP contribution is 2.48. The lowest BCUT2D eigenvalue weighted by molar-refractivity contribution is 0.00134. The Kier molecular flexibility index (Phi) is 2.94. The van der Waals surface area contributed by atoms with Gasteiger partial charge >= 0.3 is 0 Å². The summed E-state index contributed by atoms with van der Waals surface area (Å²) in [6.45, 7) is 2.22. The third-order valence-electron chi connectivity index (χ3n) is 3.76. The molecule has 3 atom stereocenters. The summed E-state index contributed by atoms with van der Waals surface area (Å²) < 4.78 is 11.4. The number of ether oxygens (including phenoxy) is 2. The van der Waals surface area contributed by atoms with Gasteiger partial charge in [0, 0.05) is 29.1 Å². The maximum Gasteiger partial charge on any atom is 0.129 e. The Morgan fingerprint density at radius 1 is 1.44 bits per heavy atom. The average Bonchev–Trinajstić information content (AvgIpc) is 2.69. The molecule has 3 rings (SSSR count). The second kappa shape index (κ2) is 4.35. The molecule has 1 fully saturated rings. The Hall–Kier alpha value is -0.870. The Morgan fingerprint density at radius 2 is 2.28 bits per heavy atom.